The fourth-order valence-electron chi connectivity index (χ4n) is 2.55. The van der Waals surface area contributed by atoms with Crippen LogP contribution in [-0.2, 0) is 11.8 Å². The van der Waals surface area contributed by atoms with Crippen LogP contribution in [0.4, 0.5) is 0 Å². The number of fused-ring (bicyclic) bond motifs is 1. The quantitative estimate of drug-likeness (QED) is 0.778. The topological polar surface area (TPSA) is 61.2 Å². The third kappa shape index (κ3) is 1.86. The number of ketones is 1. The fraction of sp³-hybridized carbons (Fsp3) is 0.400. The Morgan fingerprint density at radius 2 is 2.10 bits per heavy atom. The molecule has 0 aliphatic carbocycles. The maximum atomic E-state index is 12.5. The predicted molar refractivity (Wildman–Crippen MR) is 75.3 cm³/mol. The van der Waals surface area contributed by atoms with E-state index in [0.717, 1.165) is 5.56 Å². The molecule has 5 heteroatoms. The number of carbonyl (C=O) groups excluding carboxylic acids is 1. The van der Waals surface area contributed by atoms with Gasteiger partial charge in [0.05, 0.1) is 30.0 Å². The average molecular weight is 272 g/mol. The molecule has 0 unspecified atom stereocenters. The molecule has 0 saturated carbocycles. The summed E-state index contributed by atoms with van der Waals surface area (Å²) in [7, 11) is 1.72. The number of nitrogens with zero attached hydrogens (tertiary/aromatic N) is 2. The van der Waals surface area contributed by atoms with E-state index in [1.807, 2.05) is 6.92 Å². The number of aryl methyl sites for hydroxylation is 1. The Morgan fingerprint density at radius 3 is 2.65 bits per heavy atom. The lowest BCUT2D eigenvalue weighted by atomic mass is 10.0. The molecule has 20 heavy (non-hydrogen) atoms. The third-order valence-electron chi connectivity index (χ3n) is 3.74. The molecule has 1 fully saturated rings. The van der Waals surface area contributed by atoms with Gasteiger partial charge in [-0.1, -0.05) is 0 Å². The zero-order valence-electron chi connectivity index (χ0n) is 11.8. The van der Waals surface area contributed by atoms with E-state index in [4.69, 9.17) is 4.74 Å². The number of aromatic nitrogens is 2. The Labute approximate surface area is 116 Å². The first kappa shape index (κ1) is 13.0. The molecule has 0 bridgehead atoms. The van der Waals surface area contributed by atoms with Crippen LogP contribution in [0.2, 0.25) is 0 Å². The lowest BCUT2D eigenvalue weighted by Crippen LogP contribution is -2.33. The van der Waals surface area contributed by atoms with Crippen LogP contribution < -0.4 is 5.56 Å². The first-order chi connectivity index (χ1) is 9.49. The number of ether oxygens (including phenoxy) is 1. The number of Topliss-reactive ketones (excluding diaryl/α,β-unsaturated/α-hetero) is 1. The summed E-state index contributed by atoms with van der Waals surface area (Å²) in [6.45, 7) is 4.53. The molecular weight excluding hydrogens is 256 g/mol. The van der Waals surface area contributed by atoms with Crippen LogP contribution in [0.5, 0.6) is 0 Å². The van der Waals surface area contributed by atoms with E-state index >= 15 is 0 Å². The normalized spacial score (nSPS) is 15.3. The highest BCUT2D eigenvalue weighted by molar-refractivity contribution is 6.05. The van der Waals surface area contributed by atoms with Gasteiger partial charge in [0.25, 0.3) is 5.56 Å². The minimum Gasteiger partial charge on any atom is -0.380 e. The van der Waals surface area contributed by atoms with Crippen LogP contribution in [0.3, 0.4) is 0 Å². The second kappa shape index (κ2) is 4.52. The monoisotopic (exact) mass is 272 g/mol. The maximum absolute atomic E-state index is 12.5. The molecule has 1 aromatic carbocycles. The van der Waals surface area contributed by atoms with Gasteiger partial charge in [-0.05, 0) is 31.5 Å². The summed E-state index contributed by atoms with van der Waals surface area (Å²) in [4.78, 5) is 28.9. The first-order valence-corrected chi connectivity index (χ1v) is 6.59. The van der Waals surface area contributed by atoms with Gasteiger partial charge in [-0.2, -0.15) is 0 Å². The summed E-state index contributed by atoms with van der Waals surface area (Å²) in [5.74, 6) is 0.758. The molecule has 1 aliphatic heterocycles. The molecule has 3 rings (SSSR count). The maximum Gasteiger partial charge on any atom is 0.261 e. The highest BCUT2D eigenvalue weighted by Gasteiger charge is 2.26. The van der Waals surface area contributed by atoms with Crippen molar-refractivity contribution in [1.82, 2.24) is 9.55 Å². The van der Waals surface area contributed by atoms with Crippen LogP contribution in [0.15, 0.2) is 16.9 Å². The van der Waals surface area contributed by atoms with Crippen molar-refractivity contribution in [1.29, 1.82) is 0 Å². The van der Waals surface area contributed by atoms with Crippen molar-refractivity contribution in [3.8, 4) is 0 Å². The third-order valence-corrected chi connectivity index (χ3v) is 3.74. The lowest BCUT2D eigenvalue weighted by molar-refractivity contribution is 0.00340. The zero-order chi connectivity index (χ0) is 14.4. The van der Waals surface area contributed by atoms with Gasteiger partial charge in [0.15, 0.2) is 5.78 Å². The number of carbonyl (C=O) groups is 1. The number of benzene rings is 1. The van der Waals surface area contributed by atoms with E-state index in [9.17, 15) is 9.59 Å². The SMILES string of the molecule is CC(=O)c1cc(C)cc2c(=O)n(C)c(C3COC3)nc12. The first-order valence-electron chi connectivity index (χ1n) is 6.59. The standard InChI is InChI=1S/C15H16N2O3/c1-8-4-11(9(2)18)13-12(5-8)15(19)17(3)14(16-13)10-6-20-7-10/h4-5,10H,6-7H2,1-3H3. The van der Waals surface area contributed by atoms with Gasteiger partial charge in [-0.15, -0.1) is 0 Å². The Morgan fingerprint density at radius 1 is 1.40 bits per heavy atom. The van der Waals surface area contributed by atoms with Crippen molar-refractivity contribution in [3.05, 3.63) is 39.4 Å². The summed E-state index contributed by atoms with van der Waals surface area (Å²) in [6, 6.07) is 3.58. The Balaban J connectivity index is 2.39. The predicted octanol–water partition coefficient (Wildman–Crippen LogP) is 1.56. The Kier molecular flexibility index (Phi) is 2.94. The lowest BCUT2D eigenvalue weighted by Gasteiger charge is -2.27. The summed E-state index contributed by atoms with van der Waals surface area (Å²) >= 11 is 0. The summed E-state index contributed by atoms with van der Waals surface area (Å²) in [5.41, 5.74) is 1.80. The highest BCUT2D eigenvalue weighted by atomic mass is 16.5. The van der Waals surface area contributed by atoms with E-state index < -0.39 is 0 Å². The minimum absolute atomic E-state index is 0.0738. The highest BCUT2D eigenvalue weighted by Crippen LogP contribution is 2.24. The van der Waals surface area contributed by atoms with Crippen molar-refractivity contribution < 1.29 is 9.53 Å². The van der Waals surface area contributed by atoms with E-state index in [2.05, 4.69) is 4.98 Å². The van der Waals surface area contributed by atoms with Crippen molar-refractivity contribution in [2.45, 2.75) is 19.8 Å². The van der Waals surface area contributed by atoms with Gasteiger partial charge in [0.2, 0.25) is 0 Å². The van der Waals surface area contributed by atoms with E-state index in [0.29, 0.717) is 35.5 Å². The smallest absolute Gasteiger partial charge is 0.261 e. The molecule has 1 aromatic heterocycles. The van der Waals surface area contributed by atoms with E-state index in [1.54, 1.807) is 23.7 Å². The largest absolute Gasteiger partial charge is 0.380 e. The zero-order valence-corrected chi connectivity index (χ0v) is 11.8. The Hall–Kier alpha value is -2.01. The molecule has 104 valence electrons. The fourth-order valence-corrected chi connectivity index (χ4v) is 2.55. The summed E-state index contributed by atoms with van der Waals surface area (Å²) in [5, 5.41) is 0.502. The van der Waals surface area contributed by atoms with E-state index in [1.165, 1.54) is 6.92 Å². The molecule has 0 radical (unpaired) electrons. The number of hydrogen-bond acceptors (Lipinski definition) is 4. The van der Waals surface area contributed by atoms with Gasteiger partial charge >= 0.3 is 0 Å². The molecule has 2 aromatic rings. The molecule has 0 spiro atoms. The molecule has 1 aliphatic rings. The van der Waals surface area contributed by atoms with Crippen LogP contribution in [0.25, 0.3) is 10.9 Å². The van der Waals surface area contributed by atoms with Crippen LogP contribution in [0, 0.1) is 6.92 Å². The van der Waals surface area contributed by atoms with Crippen LogP contribution in [0.1, 0.15) is 34.6 Å². The van der Waals surface area contributed by atoms with Gasteiger partial charge in [0, 0.05) is 12.6 Å². The number of rotatable bonds is 2. The van der Waals surface area contributed by atoms with E-state index in [-0.39, 0.29) is 17.3 Å². The van der Waals surface area contributed by atoms with Crippen molar-refractivity contribution in [2.24, 2.45) is 7.05 Å². The van der Waals surface area contributed by atoms with Gasteiger partial charge < -0.3 is 4.74 Å². The molecular formula is C15H16N2O3. The second-order valence-electron chi connectivity index (χ2n) is 5.33. The van der Waals surface area contributed by atoms with Gasteiger partial charge in [0.1, 0.15) is 5.82 Å². The molecule has 0 N–H and O–H groups in total. The van der Waals surface area contributed by atoms with Gasteiger partial charge in [-0.25, -0.2) is 4.98 Å². The number of hydrogen-bond donors (Lipinski definition) is 0. The molecule has 5 nitrogen and oxygen atoms in total. The van der Waals surface area contributed by atoms with Gasteiger partial charge in [-0.3, -0.25) is 14.2 Å². The van der Waals surface area contributed by atoms with Crippen molar-refractivity contribution in [2.75, 3.05) is 13.2 Å². The van der Waals surface area contributed by atoms with Crippen LogP contribution >= 0.6 is 0 Å². The van der Waals surface area contributed by atoms with Crippen molar-refractivity contribution in [3.63, 3.8) is 0 Å². The molecule has 0 amide bonds. The average Bonchev–Trinajstić information content (AvgIpc) is 2.33. The van der Waals surface area contributed by atoms with Crippen LogP contribution in [-0.4, -0.2) is 28.5 Å². The summed E-state index contributed by atoms with van der Waals surface area (Å²) < 4.78 is 6.74. The van der Waals surface area contributed by atoms with Crippen molar-refractivity contribution >= 4 is 16.7 Å². The second-order valence-corrected chi connectivity index (χ2v) is 5.33. The Bertz CT molecular complexity index is 773. The molecule has 0 atom stereocenters. The molecule has 1 saturated heterocycles. The minimum atomic E-state index is -0.108. The summed E-state index contributed by atoms with van der Waals surface area (Å²) in [6.07, 6.45) is 0. The molecule has 2 heterocycles.